The summed E-state index contributed by atoms with van der Waals surface area (Å²) in [5, 5.41) is 0. The summed E-state index contributed by atoms with van der Waals surface area (Å²) in [5.74, 6) is -0.334. The van der Waals surface area contributed by atoms with Gasteiger partial charge in [0.05, 0.1) is 12.4 Å². The first-order valence-electron chi connectivity index (χ1n) is 5.65. The van der Waals surface area contributed by atoms with Gasteiger partial charge in [-0.1, -0.05) is 18.2 Å². The number of nitrogen functional groups attached to an aromatic ring is 1. The Kier molecular flexibility index (Phi) is 5.78. The third-order valence-electron chi connectivity index (χ3n) is 2.23. The quantitative estimate of drug-likeness (QED) is 0.587. The summed E-state index contributed by atoms with van der Waals surface area (Å²) in [6.45, 7) is -1.99. The van der Waals surface area contributed by atoms with Crippen LogP contribution in [0.25, 0.3) is 0 Å². The van der Waals surface area contributed by atoms with Crippen molar-refractivity contribution in [2.75, 3.05) is 25.5 Å². The zero-order chi connectivity index (χ0) is 15.2. The predicted molar refractivity (Wildman–Crippen MR) is 68.4 cm³/mol. The zero-order valence-electron chi connectivity index (χ0n) is 10.5. The van der Waals surface area contributed by atoms with Gasteiger partial charge in [0.25, 0.3) is 0 Å². The molecule has 1 aromatic carbocycles. The molecule has 20 heavy (non-hydrogen) atoms. The molecule has 0 heterocycles. The molecular weight excluding hydrogens is 297 g/mol. The number of benzene rings is 1. The van der Waals surface area contributed by atoms with Crippen molar-refractivity contribution in [2.24, 2.45) is 0 Å². The Morgan fingerprint density at radius 1 is 1.25 bits per heavy atom. The molecule has 114 valence electrons. The topological polar surface area (TPSA) is 81.4 Å². The fourth-order valence-corrected chi connectivity index (χ4v) is 2.55. The second kappa shape index (κ2) is 6.91. The molecule has 5 nitrogen and oxygen atoms in total. The molecular formula is C11H15F3N2O3S. The molecule has 0 saturated carbocycles. The molecule has 0 atom stereocenters. The molecule has 0 aromatic heterocycles. The highest BCUT2D eigenvalue weighted by molar-refractivity contribution is 7.88. The lowest BCUT2D eigenvalue weighted by atomic mass is 10.2. The Balaban J connectivity index is 2.38. The average molecular weight is 312 g/mol. The smallest absolute Gasteiger partial charge is 0.398 e. The largest absolute Gasteiger partial charge is 0.411 e. The van der Waals surface area contributed by atoms with Gasteiger partial charge in [0.15, 0.2) is 0 Å². The van der Waals surface area contributed by atoms with E-state index in [0.717, 1.165) is 0 Å². The van der Waals surface area contributed by atoms with Crippen LogP contribution in [0.1, 0.15) is 5.56 Å². The summed E-state index contributed by atoms with van der Waals surface area (Å²) in [6, 6.07) is 6.45. The summed E-state index contributed by atoms with van der Waals surface area (Å²) in [7, 11) is -3.66. The number of alkyl halides is 3. The monoisotopic (exact) mass is 312 g/mol. The van der Waals surface area contributed by atoms with Gasteiger partial charge in [0.1, 0.15) is 6.61 Å². The highest BCUT2D eigenvalue weighted by Gasteiger charge is 2.27. The molecule has 3 N–H and O–H groups in total. The van der Waals surface area contributed by atoms with Crippen LogP contribution >= 0.6 is 0 Å². The highest BCUT2D eigenvalue weighted by atomic mass is 32.2. The van der Waals surface area contributed by atoms with Crippen LogP contribution in [0.4, 0.5) is 18.9 Å². The molecule has 0 aliphatic rings. The number of hydrogen-bond donors (Lipinski definition) is 2. The van der Waals surface area contributed by atoms with E-state index in [4.69, 9.17) is 5.73 Å². The van der Waals surface area contributed by atoms with Crippen molar-refractivity contribution < 1.29 is 26.3 Å². The van der Waals surface area contributed by atoms with Gasteiger partial charge in [-0.05, 0) is 11.6 Å². The fourth-order valence-electron chi connectivity index (χ4n) is 1.38. The maximum Gasteiger partial charge on any atom is 0.411 e. The lowest BCUT2D eigenvalue weighted by Gasteiger charge is -2.10. The number of rotatable bonds is 7. The van der Waals surface area contributed by atoms with Gasteiger partial charge < -0.3 is 10.5 Å². The summed E-state index contributed by atoms with van der Waals surface area (Å²) in [4.78, 5) is 0. The first-order valence-corrected chi connectivity index (χ1v) is 7.30. The van der Waals surface area contributed by atoms with Gasteiger partial charge in [0.2, 0.25) is 10.0 Å². The fraction of sp³-hybridized carbons (Fsp3) is 0.455. The van der Waals surface area contributed by atoms with Crippen molar-refractivity contribution in [2.45, 2.75) is 11.9 Å². The van der Waals surface area contributed by atoms with Crippen LogP contribution in [0.3, 0.4) is 0 Å². The number of anilines is 1. The Morgan fingerprint density at radius 2 is 1.90 bits per heavy atom. The molecule has 1 rings (SSSR count). The SMILES string of the molecule is Nc1ccccc1CS(=O)(=O)NCCOCC(F)(F)F. The number of nitrogens with two attached hydrogens (primary N) is 1. The summed E-state index contributed by atoms with van der Waals surface area (Å²) < 4.78 is 65.1. The van der Waals surface area contributed by atoms with Crippen LogP contribution in [-0.4, -0.2) is 34.4 Å². The first-order chi connectivity index (χ1) is 9.20. The second-order valence-electron chi connectivity index (χ2n) is 4.02. The molecule has 0 unspecified atom stereocenters. The number of hydrogen-bond acceptors (Lipinski definition) is 4. The third-order valence-corrected chi connectivity index (χ3v) is 3.57. The lowest BCUT2D eigenvalue weighted by Crippen LogP contribution is -2.30. The van der Waals surface area contributed by atoms with E-state index >= 15 is 0 Å². The number of sulfonamides is 1. The van der Waals surface area contributed by atoms with E-state index < -0.39 is 22.8 Å². The third kappa shape index (κ3) is 6.73. The molecule has 0 aliphatic carbocycles. The molecule has 1 aromatic rings. The minimum atomic E-state index is -4.42. The Labute approximate surface area is 115 Å². The molecule has 0 fully saturated rings. The molecule has 0 radical (unpaired) electrons. The van der Waals surface area contributed by atoms with Gasteiger partial charge in [-0.2, -0.15) is 13.2 Å². The molecule has 0 saturated heterocycles. The second-order valence-corrected chi connectivity index (χ2v) is 5.83. The number of para-hydroxylation sites is 1. The van der Waals surface area contributed by atoms with Gasteiger partial charge in [-0.3, -0.25) is 0 Å². The molecule has 9 heteroatoms. The van der Waals surface area contributed by atoms with Crippen LogP contribution in [-0.2, 0) is 20.5 Å². The van der Waals surface area contributed by atoms with Crippen molar-refractivity contribution in [1.29, 1.82) is 0 Å². The van der Waals surface area contributed by atoms with Gasteiger partial charge in [-0.25, -0.2) is 13.1 Å². The molecule has 0 bridgehead atoms. The zero-order valence-corrected chi connectivity index (χ0v) is 11.3. The maximum atomic E-state index is 11.8. The van der Waals surface area contributed by atoms with Gasteiger partial charge >= 0.3 is 6.18 Å². The van der Waals surface area contributed by atoms with Crippen molar-refractivity contribution >= 4 is 15.7 Å². The minimum Gasteiger partial charge on any atom is -0.398 e. The van der Waals surface area contributed by atoms with E-state index in [-0.39, 0.29) is 18.9 Å². The predicted octanol–water partition coefficient (Wildman–Crippen LogP) is 1.27. The van der Waals surface area contributed by atoms with Crippen LogP contribution in [0, 0.1) is 0 Å². The summed E-state index contributed by atoms with van der Waals surface area (Å²) in [6.07, 6.45) is -4.42. The number of ether oxygens (including phenoxy) is 1. The molecule has 0 amide bonds. The summed E-state index contributed by atoms with van der Waals surface area (Å²) in [5.41, 5.74) is 6.38. The van der Waals surface area contributed by atoms with Crippen LogP contribution < -0.4 is 10.5 Å². The average Bonchev–Trinajstić information content (AvgIpc) is 2.30. The first kappa shape index (κ1) is 16.7. The van der Waals surface area contributed by atoms with Gasteiger partial charge in [0, 0.05) is 12.2 Å². The van der Waals surface area contributed by atoms with Gasteiger partial charge in [-0.15, -0.1) is 0 Å². The number of nitrogens with one attached hydrogen (secondary N) is 1. The lowest BCUT2D eigenvalue weighted by molar-refractivity contribution is -0.173. The molecule has 0 spiro atoms. The highest BCUT2D eigenvalue weighted by Crippen LogP contribution is 2.14. The van der Waals surface area contributed by atoms with E-state index in [9.17, 15) is 21.6 Å². The van der Waals surface area contributed by atoms with E-state index in [0.29, 0.717) is 11.3 Å². The minimum absolute atomic E-state index is 0.231. The standard InChI is InChI=1S/C11H15F3N2O3S/c12-11(13,14)8-19-6-5-16-20(17,18)7-9-3-1-2-4-10(9)15/h1-4,16H,5-8,15H2. The molecule has 0 aliphatic heterocycles. The van der Waals surface area contributed by atoms with Crippen LogP contribution in [0.5, 0.6) is 0 Å². The van der Waals surface area contributed by atoms with E-state index in [1.807, 2.05) is 0 Å². The van der Waals surface area contributed by atoms with Crippen molar-refractivity contribution in [3.8, 4) is 0 Å². The maximum absolute atomic E-state index is 11.8. The van der Waals surface area contributed by atoms with Crippen molar-refractivity contribution in [3.63, 3.8) is 0 Å². The Hall–Kier alpha value is -1.32. The van der Waals surface area contributed by atoms with E-state index in [1.165, 1.54) is 0 Å². The van der Waals surface area contributed by atoms with E-state index in [2.05, 4.69) is 9.46 Å². The van der Waals surface area contributed by atoms with Crippen molar-refractivity contribution in [3.05, 3.63) is 29.8 Å². The van der Waals surface area contributed by atoms with Crippen molar-refractivity contribution in [1.82, 2.24) is 4.72 Å². The van der Waals surface area contributed by atoms with Crippen LogP contribution in [0.2, 0.25) is 0 Å². The summed E-state index contributed by atoms with van der Waals surface area (Å²) >= 11 is 0. The Morgan fingerprint density at radius 3 is 2.50 bits per heavy atom. The normalized spacial score (nSPS) is 12.6. The Bertz CT molecular complexity index is 532. The van der Waals surface area contributed by atoms with E-state index in [1.54, 1.807) is 24.3 Å². The number of halogens is 3. The van der Waals surface area contributed by atoms with Crippen LogP contribution in [0.15, 0.2) is 24.3 Å².